The number of ether oxygens (including phenoxy) is 1. The van der Waals surface area contributed by atoms with Crippen LogP contribution in [0.25, 0.3) is 0 Å². The van der Waals surface area contributed by atoms with E-state index in [-0.39, 0.29) is 18.1 Å². The number of aliphatic carboxylic acids is 1. The molecule has 2 aromatic rings. The molecular weight excluding hydrogens is 847 g/mol. The minimum atomic E-state index is -1.04. The number of hydrogen-bond donors (Lipinski definition) is 3. The number of hydrogen-bond acceptors (Lipinski definition) is 4. The summed E-state index contributed by atoms with van der Waals surface area (Å²) >= 11 is 6.39. The zero-order valence-corrected chi connectivity index (χ0v) is 29.8. The Morgan fingerprint density at radius 1 is 0.800 bits per heavy atom. The van der Waals surface area contributed by atoms with E-state index in [4.69, 9.17) is 4.74 Å². The van der Waals surface area contributed by atoms with Gasteiger partial charge in [-0.2, -0.15) is 0 Å². The highest BCUT2D eigenvalue weighted by atomic mass is 127. The van der Waals surface area contributed by atoms with Crippen LogP contribution in [0, 0.1) is 10.7 Å². The zero-order chi connectivity index (χ0) is 29.3. The predicted molar refractivity (Wildman–Crippen MR) is 186 cm³/mol. The Labute approximate surface area is 280 Å². The summed E-state index contributed by atoms with van der Waals surface area (Å²) in [7, 11) is 0. The maximum Gasteiger partial charge on any atom is 0.326 e. The lowest BCUT2D eigenvalue weighted by Crippen LogP contribution is -2.42. The summed E-state index contributed by atoms with van der Waals surface area (Å²) in [5, 5.41) is 22.2. The Bertz CT molecular complexity index is 1060. The number of carbonyl (C=O) groups is 2. The molecule has 0 aromatic heterocycles. The fraction of sp³-hybridized carbons (Fsp3) is 0.548. The van der Waals surface area contributed by atoms with Crippen molar-refractivity contribution in [3.05, 3.63) is 46.6 Å². The predicted octanol–water partition coefficient (Wildman–Crippen LogP) is 9.59. The van der Waals surface area contributed by atoms with Crippen molar-refractivity contribution < 1.29 is 24.5 Å². The number of carboxylic acid groups (broad SMARTS) is 1. The Kier molecular flexibility index (Phi) is 17.8. The second-order valence-corrected chi connectivity index (χ2v) is 13.7. The number of amides is 1. The minimum absolute atomic E-state index is 0.197. The second-order valence-electron chi connectivity index (χ2n) is 10.3. The first-order valence-corrected chi connectivity index (χ1v) is 17.6. The quantitative estimate of drug-likeness (QED) is 0.0910. The highest BCUT2D eigenvalue weighted by molar-refractivity contribution is 14.1. The fourth-order valence-electron chi connectivity index (χ4n) is 4.50. The third-order valence-electron chi connectivity index (χ3n) is 6.78. The van der Waals surface area contributed by atoms with E-state index >= 15 is 0 Å². The van der Waals surface area contributed by atoms with E-state index in [9.17, 15) is 19.8 Å². The number of benzene rings is 2. The van der Waals surface area contributed by atoms with Crippen LogP contribution in [0.2, 0.25) is 0 Å². The van der Waals surface area contributed by atoms with Crippen molar-refractivity contribution in [2.24, 2.45) is 0 Å². The highest BCUT2D eigenvalue weighted by Gasteiger charge is 2.22. The molecule has 0 fully saturated rings. The molecule has 6 nitrogen and oxygen atoms in total. The number of unbranched alkanes of at least 4 members (excludes halogenated alkanes) is 12. The van der Waals surface area contributed by atoms with Crippen LogP contribution >= 0.6 is 67.8 Å². The number of carboxylic acids is 1. The van der Waals surface area contributed by atoms with Crippen molar-refractivity contribution in [3.63, 3.8) is 0 Å². The maximum atomic E-state index is 12.5. The highest BCUT2D eigenvalue weighted by Crippen LogP contribution is 2.35. The number of phenolic OH excluding ortho intramolecular Hbond substituents is 1. The summed E-state index contributed by atoms with van der Waals surface area (Å²) in [6.07, 6.45) is 16.7. The first-order chi connectivity index (χ1) is 19.2. The SMILES string of the molecule is CCCCCCCCCCCCCCCC(=O)N[C@@H](Cc1cc(I)c(Oc2ccc(O)c(I)c2)c(I)c1)C(=O)O. The molecule has 0 unspecified atom stereocenters. The molecule has 2 aromatic carbocycles. The van der Waals surface area contributed by atoms with Gasteiger partial charge in [-0.1, -0.05) is 84.0 Å². The van der Waals surface area contributed by atoms with E-state index in [1.165, 1.54) is 64.2 Å². The van der Waals surface area contributed by atoms with Gasteiger partial charge in [0.15, 0.2) is 5.75 Å². The molecule has 0 radical (unpaired) electrons. The lowest BCUT2D eigenvalue weighted by molar-refractivity contribution is -0.141. The molecule has 0 saturated heterocycles. The van der Waals surface area contributed by atoms with Crippen LogP contribution in [0.1, 0.15) is 102 Å². The van der Waals surface area contributed by atoms with E-state index in [0.29, 0.717) is 21.5 Å². The van der Waals surface area contributed by atoms with E-state index in [0.717, 1.165) is 32.0 Å². The Morgan fingerprint density at radius 2 is 1.32 bits per heavy atom. The average Bonchev–Trinajstić information content (AvgIpc) is 2.90. The molecule has 1 atom stereocenters. The van der Waals surface area contributed by atoms with Crippen molar-refractivity contribution >= 4 is 79.6 Å². The van der Waals surface area contributed by atoms with E-state index < -0.39 is 12.0 Å². The van der Waals surface area contributed by atoms with Crippen molar-refractivity contribution in [2.75, 3.05) is 0 Å². The number of halogens is 3. The van der Waals surface area contributed by atoms with Crippen LogP contribution in [0.4, 0.5) is 0 Å². The van der Waals surface area contributed by atoms with Gasteiger partial charge >= 0.3 is 5.97 Å². The first kappa shape index (κ1) is 35.4. The largest absolute Gasteiger partial charge is 0.507 e. The second kappa shape index (κ2) is 20.1. The lowest BCUT2D eigenvalue weighted by Gasteiger charge is -2.17. The number of phenols is 1. The van der Waals surface area contributed by atoms with Gasteiger partial charge in [0.1, 0.15) is 17.5 Å². The molecular formula is C31H42I3NO5. The Hall–Kier alpha value is -0.830. The molecule has 40 heavy (non-hydrogen) atoms. The fourth-order valence-corrected chi connectivity index (χ4v) is 7.11. The van der Waals surface area contributed by atoms with Crippen LogP contribution in [0.15, 0.2) is 30.3 Å². The van der Waals surface area contributed by atoms with Gasteiger partial charge < -0.3 is 20.3 Å². The van der Waals surface area contributed by atoms with Crippen LogP contribution in [0.3, 0.4) is 0 Å². The van der Waals surface area contributed by atoms with Gasteiger partial charge in [0.05, 0.1) is 10.7 Å². The summed E-state index contributed by atoms with van der Waals surface area (Å²) in [6, 6.07) is 7.83. The van der Waals surface area contributed by atoms with Crippen molar-refractivity contribution in [1.82, 2.24) is 5.32 Å². The molecule has 0 bridgehead atoms. The van der Waals surface area contributed by atoms with Gasteiger partial charge in [0.2, 0.25) is 5.91 Å². The number of carbonyl (C=O) groups excluding carboxylic acids is 1. The van der Waals surface area contributed by atoms with Crippen molar-refractivity contribution in [3.8, 4) is 17.2 Å². The topological polar surface area (TPSA) is 95.9 Å². The van der Waals surface area contributed by atoms with E-state index in [2.05, 4.69) is 57.4 Å². The number of rotatable bonds is 20. The van der Waals surface area contributed by atoms with Gasteiger partial charge in [-0.15, -0.1) is 0 Å². The summed E-state index contributed by atoms with van der Waals surface area (Å²) < 4.78 is 8.41. The lowest BCUT2D eigenvalue weighted by atomic mass is 10.0. The Balaban J connectivity index is 1.72. The van der Waals surface area contributed by atoms with Gasteiger partial charge in [-0.05, 0) is 110 Å². The van der Waals surface area contributed by atoms with Gasteiger partial charge in [0, 0.05) is 12.8 Å². The number of aromatic hydroxyl groups is 1. The zero-order valence-electron chi connectivity index (χ0n) is 23.3. The summed E-state index contributed by atoms with van der Waals surface area (Å²) in [5.74, 6) is 0.229. The van der Waals surface area contributed by atoms with Crippen LogP contribution < -0.4 is 10.1 Å². The summed E-state index contributed by atoms with van der Waals surface area (Å²) in [4.78, 5) is 24.4. The third-order valence-corrected chi connectivity index (χ3v) is 9.24. The molecule has 1 amide bonds. The van der Waals surface area contributed by atoms with Gasteiger partial charge in [-0.3, -0.25) is 4.79 Å². The van der Waals surface area contributed by atoms with Crippen molar-refractivity contribution in [2.45, 2.75) is 109 Å². The summed E-state index contributed by atoms with van der Waals surface area (Å²) in [5.41, 5.74) is 0.815. The molecule has 0 aliphatic rings. The molecule has 0 saturated carbocycles. The average molecular weight is 889 g/mol. The maximum absolute atomic E-state index is 12.5. The van der Waals surface area contributed by atoms with Gasteiger partial charge in [-0.25, -0.2) is 4.79 Å². The van der Waals surface area contributed by atoms with Crippen LogP contribution in [-0.2, 0) is 16.0 Å². The molecule has 9 heteroatoms. The summed E-state index contributed by atoms with van der Waals surface area (Å²) in [6.45, 7) is 2.25. The van der Waals surface area contributed by atoms with E-state index in [1.54, 1.807) is 18.2 Å². The standard InChI is InChI=1S/C31H42I3NO5/c1-2-3-4-5-6-7-8-9-10-11-12-13-14-15-29(37)35-27(31(38)39)20-22-18-25(33)30(26(34)19-22)40-23-16-17-28(36)24(32)21-23/h16-19,21,27,36H,2-15,20H2,1H3,(H,35,37)(H,38,39)/t27-/m0/s1. The van der Waals surface area contributed by atoms with E-state index in [1.807, 2.05) is 34.7 Å². The number of nitrogens with one attached hydrogen (secondary N) is 1. The Morgan fingerprint density at radius 3 is 1.82 bits per heavy atom. The minimum Gasteiger partial charge on any atom is -0.507 e. The van der Waals surface area contributed by atoms with Crippen molar-refractivity contribution in [1.29, 1.82) is 0 Å². The van der Waals surface area contributed by atoms with Crippen LogP contribution in [0.5, 0.6) is 17.2 Å². The monoisotopic (exact) mass is 889 g/mol. The third kappa shape index (κ3) is 13.9. The smallest absolute Gasteiger partial charge is 0.326 e. The molecule has 222 valence electrons. The normalized spacial score (nSPS) is 11.8. The first-order valence-electron chi connectivity index (χ1n) is 14.4. The molecule has 0 aliphatic heterocycles. The van der Waals surface area contributed by atoms with Gasteiger partial charge in [0.25, 0.3) is 0 Å². The molecule has 3 N–H and O–H groups in total. The molecule has 2 rings (SSSR count). The molecule has 0 spiro atoms. The molecule has 0 heterocycles. The van der Waals surface area contributed by atoms with Crippen LogP contribution in [-0.4, -0.2) is 28.1 Å². The molecule has 0 aliphatic carbocycles.